The maximum Gasteiger partial charge on any atom is 0.294 e. The van der Waals surface area contributed by atoms with Gasteiger partial charge < -0.3 is 9.15 Å². The van der Waals surface area contributed by atoms with Crippen molar-refractivity contribution in [3.8, 4) is 0 Å². The molecule has 0 spiro atoms. The molecule has 0 atom stereocenters. The van der Waals surface area contributed by atoms with Gasteiger partial charge in [-0.2, -0.15) is 0 Å². The molecular weight excluding hydrogens is 238 g/mol. The van der Waals surface area contributed by atoms with E-state index in [1.165, 1.54) is 0 Å². The first-order valence-electron chi connectivity index (χ1n) is 4.87. The van der Waals surface area contributed by atoms with E-state index in [1.807, 2.05) is 12.1 Å². The number of furan rings is 1. The Morgan fingerprint density at radius 2 is 2.18 bits per heavy atom. The molecule has 1 saturated heterocycles. The van der Waals surface area contributed by atoms with Crippen LogP contribution in [-0.4, -0.2) is 11.1 Å². The summed E-state index contributed by atoms with van der Waals surface area (Å²) in [7, 11) is 0. The molecule has 86 valence electrons. The lowest BCUT2D eigenvalue weighted by Gasteiger charge is -1.88. The molecule has 4 nitrogen and oxygen atoms in total. The van der Waals surface area contributed by atoms with Crippen molar-refractivity contribution in [1.29, 1.82) is 0 Å². The van der Waals surface area contributed by atoms with Gasteiger partial charge in [0.05, 0.1) is 6.26 Å². The van der Waals surface area contributed by atoms with Gasteiger partial charge in [-0.1, -0.05) is 18.2 Å². The molecule has 2 rings (SSSR count). The van der Waals surface area contributed by atoms with Gasteiger partial charge in [-0.05, 0) is 36.5 Å². The molecule has 1 N–H and O–H groups in total. The molecule has 5 heteroatoms. The maximum atomic E-state index is 11.2. The zero-order valence-electron chi connectivity index (χ0n) is 8.75. The van der Waals surface area contributed by atoms with Gasteiger partial charge in [0.25, 0.3) is 11.1 Å². The van der Waals surface area contributed by atoms with Crippen LogP contribution >= 0.6 is 12.2 Å². The van der Waals surface area contributed by atoms with Gasteiger partial charge in [0.1, 0.15) is 5.76 Å². The third-order valence-electron chi connectivity index (χ3n) is 1.92. The van der Waals surface area contributed by atoms with Crippen LogP contribution in [0.1, 0.15) is 5.76 Å². The Balaban J connectivity index is 1.92. The second-order valence-corrected chi connectivity index (χ2v) is 3.50. The minimum atomic E-state index is -0.324. The van der Waals surface area contributed by atoms with Crippen molar-refractivity contribution >= 4 is 29.4 Å². The Hall–Kier alpha value is -2.14. The second-order valence-electron chi connectivity index (χ2n) is 3.13. The predicted octanol–water partition coefficient (Wildman–Crippen LogP) is 2.16. The normalized spacial score (nSPS) is 18.2. The summed E-state index contributed by atoms with van der Waals surface area (Å²) in [6.07, 6.45) is 10.2. The summed E-state index contributed by atoms with van der Waals surface area (Å²) >= 11 is 4.68. The highest BCUT2D eigenvalue weighted by atomic mass is 32.1. The van der Waals surface area contributed by atoms with E-state index in [9.17, 15) is 4.79 Å². The number of amides is 1. The number of carbonyl (C=O) groups is 1. The van der Waals surface area contributed by atoms with Gasteiger partial charge in [-0.3, -0.25) is 10.1 Å². The fourth-order valence-electron chi connectivity index (χ4n) is 1.18. The molecule has 0 aliphatic carbocycles. The molecule has 0 radical (unpaired) electrons. The van der Waals surface area contributed by atoms with Crippen LogP contribution in [0.5, 0.6) is 0 Å². The van der Waals surface area contributed by atoms with E-state index in [1.54, 1.807) is 36.6 Å². The Morgan fingerprint density at radius 3 is 2.82 bits per heavy atom. The van der Waals surface area contributed by atoms with Crippen LogP contribution in [0, 0.1) is 0 Å². The number of rotatable bonds is 3. The van der Waals surface area contributed by atoms with Crippen molar-refractivity contribution < 1.29 is 13.9 Å². The number of carbonyl (C=O) groups excluding carboxylic acids is 1. The van der Waals surface area contributed by atoms with Crippen LogP contribution in [0.4, 0.5) is 0 Å². The number of allylic oxidation sites excluding steroid dienone is 4. The molecule has 1 aromatic rings. The lowest BCUT2D eigenvalue weighted by Crippen LogP contribution is -2.18. The Labute approximate surface area is 103 Å². The topological polar surface area (TPSA) is 51.5 Å². The molecule has 1 amide bonds. The smallest absolute Gasteiger partial charge is 0.294 e. The predicted molar refractivity (Wildman–Crippen MR) is 66.8 cm³/mol. The van der Waals surface area contributed by atoms with E-state index in [4.69, 9.17) is 9.15 Å². The highest BCUT2D eigenvalue weighted by molar-refractivity contribution is 7.80. The average molecular weight is 247 g/mol. The SMILES string of the molecule is O=C1NC(=S)OC1=CC=CC=Cc1ccco1. The van der Waals surface area contributed by atoms with Gasteiger partial charge in [0.15, 0.2) is 5.76 Å². The number of hydrogen-bond donors (Lipinski definition) is 1. The van der Waals surface area contributed by atoms with Crippen molar-refractivity contribution in [3.05, 3.63) is 54.2 Å². The Morgan fingerprint density at radius 1 is 1.29 bits per heavy atom. The van der Waals surface area contributed by atoms with Crippen LogP contribution < -0.4 is 5.32 Å². The highest BCUT2D eigenvalue weighted by Crippen LogP contribution is 2.06. The fourth-order valence-corrected chi connectivity index (χ4v) is 1.36. The van der Waals surface area contributed by atoms with Crippen LogP contribution in [0.25, 0.3) is 6.08 Å². The van der Waals surface area contributed by atoms with Crippen LogP contribution in [0.3, 0.4) is 0 Å². The Kier molecular flexibility index (Phi) is 3.52. The van der Waals surface area contributed by atoms with Crippen LogP contribution in [-0.2, 0) is 9.53 Å². The van der Waals surface area contributed by atoms with E-state index >= 15 is 0 Å². The maximum absolute atomic E-state index is 11.2. The van der Waals surface area contributed by atoms with Gasteiger partial charge >= 0.3 is 0 Å². The largest absolute Gasteiger partial charge is 0.465 e. The first kappa shape index (κ1) is 11.3. The molecule has 2 heterocycles. The molecule has 0 aromatic carbocycles. The molecule has 0 bridgehead atoms. The standard InChI is InChI=1S/C12H9NO3S/c14-11-10(16-12(17)13-11)7-3-1-2-5-9-6-4-8-15-9/h1-8H,(H,13,14,17). The van der Waals surface area contributed by atoms with E-state index in [0.29, 0.717) is 0 Å². The molecular formula is C12H9NO3S. The average Bonchev–Trinajstić information content (AvgIpc) is 2.89. The Bertz CT molecular complexity index is 512. The highest BCUT2D eigenvalue weighted by Gasteiger charge is 2.21. The molecule has 17 heavy (non-hydrogen) atoms. The minimum Gasteiger partial charge on any atom is -0.465 e. The summed E-state index contributed by atoms with van der Waals surface area (Å²) in [5, 5.41) is 2.45. The van der Waals surface area contributed by atoms with Gasteiger partial charge in [0.2, 0.25) is 0 Å². The van der Waals surface area contributed by atoms with Crippen molar-refractivity contribution in [2.24, 2.45) is 0 Å². The quantitative estimate of drug-likeness (QED) is 0.505. The number of ether oxygens (including phenoxy) is 1. The first-order valence-corrected chi connectivity index (χ1v) is 5.28. The summed E-state index contributed by atoms with van der Waals surface area (Å²) in [4.78, 5) is 11.2. The summed E-state index contributed by atoms with van der Waals surface area (Å²) in [6.45, 7) is 0. The van der Waals surface area contributed by atoms with Gasteiger partial charge in [-0.15, -0.1) is 0 Å². The van der Waals surface area contributed by atoms with Crippen LogP contribution in [0.15, 0.2) is 52.9 Å². The van der Waals surface area contributed by atoms with E-state index < -0.39 is 0 Å². The number of thiocarbonyl (C=S) groups is 1. The monoisotopic (exact) mass is 247 g/mol. The third kappa shape index (κ3) is 3.15. The molecule has 1 fully saturated rings. The summed E-state index contributed by atoms with van der Waals surface area (Å²) in [5.74, 6) is 0.630. The van der Waals surface area contributed by atoms with E-state index in [2.05, 4.69) is 17.5 Å². The van der Waals surface area contributed by atoms with Gasteiger partial charge in [0, 0.05) is 0 Å². The molecule has 0 saturated carbocycles. The zero-order valence-corrected chi connectivity index (χ0v) is 9.57. The minimum absolute atomic E-state index is 0.0841. The van der Waals surface area contributed by atoms with E-state index in [-0.39, 0.29) is 16.8 Å². The van der Waals surface area contributed by atoms with E-state index in [0.717, 1.165) is 5.76 Å². The van der Waals surface area contributed by atoms with Crippen LogP contribution in [0.2, 0.25) is 0 Å². The summed E-state index contributed by atoms with van der Waals surface area (Å²) < 4.78 is 10.1. The molecule has 1 aliphatic rings. The molecule has 0 unspecified atom stereocenters. The first-order chi connectivity index (χ1) is 8.25. The van der Waals surface area contributed by atoms with Gasteiger partial charge in [-0.25, -0.2) is 0 Å². The summed E-state index contributed by atoms with van der Waals surface area (Å²) in [5.41, 5.74) is 0. The molecule has 1 aromatic heterocycles. The fraction of sp³-hybridized carbons (Fsp3) is 0. The third-order valence-corrected chi connectivity index (χ3v) is 2.10. The van der Waals surface area contributed by atoms with Crippen molar-refractivity contribution in [1.82, 2.24) is 5.32 Å². The van der Waals surface area contributed by atoms with Crippen molar-refractivity contribution in [2.75, 3.05) is 0 Å². The number of hydrogen-bond acceptors (Lipinski definition) is 4. The number of nitrogens with one attached hydrogen (secondary N) is 1. The molecule has 1 aliphatic heterocycles. The zero-order chi connectivity index (χ0) is 12.1. The summed E-state index contributed by atoms with van der Waals surface area (Å²) in [6, 6.07) is 3.65. The second kappa shape index (κ2) is 5.27. The lowest BCUT2D eigenvalue weighted by atomic mass is 10.3. The lowest BCUT2D eigenvalue weighted by molar-refractivity contribution is -0.116. The van der Waals surface area contributed by atoms with Crippen molar-refractivity contribution in [3.63, 3.8) is 0 Å². The van der Waals surface area contributed by atoms with Crippen molar-refractivity contribution in [2.45, 2.75) is 0 Å².